The molecule has 0 fully saturated rings. The lowest BCUT2D eigenvalue weighted by atomic mass is 9.88. The van der Waals surface area contributed by atoms with E-state index < -0.39 is 27.1 Å². The highest BCUT2D eigenvalue weighted by Gasteiger charge is 2.49. The highest BCUT2D eigenvalue weighted by molar-refractivity contribution is 7.92. The molecule has 130 valence electrons. The maximum atomic E-state index is 15.1. The first kappa shape index (κ1) is 17.5. The van der Waals surface area contributed by atoms with Crippen LogP contribution in [0.1, 0.15) is 23.2 Å². The molecule has 1 heterocycles. The molecule has 3 rings (SSSR count). The normalized spacial score (nSPS) is 21.2. The van der Waals surface area contributed by atoms with E-state index in [1.807, 2.05) is 13.0 Å². The van der Waals surface area contributed by atoms with Crippen LogP contribution in [0, 0.1) is 6.92 Å². The minimum atomic E-state index is -4.30. The number of hydrogen-bond donors (Lipinski definition) is 0. The Morgan fingerprint density at radius 3 is 2.36 bits per heavy atom. The lowest BCUT2D eigenvalue weighted by Crippen LogP contribution is -2.36. The predicted molar refractivity (Wildman–Crippen MR) is 94.7 cm³/mol. The van der Waals surface area contributed by atoms with E-state index >= 15 is 4.39 Å². The van der Waals surface area contributed by atoms with Crippen molar-refractivity contribution < 1.29 is 17.2 Å². The average molecular weight is 361 g/mol. The van der Waals surface area contributed by atoms with Crippen LogP contribution in [0.5, 0.6) is 0 Å². The fourth-order valence-corrected chi connectivity index (χ4v) is 3.61. The molecular weight excluding hydrogens is 344 g/mol. The molecule has 25 heavy (non-hydrogen) atoms. The first-order valence-electron chi connectivity index (χ1n) is 7.70. The first-order valence-corrected chi connectivity index (χ1v) is 9.59. The Kier molecular flexibility index (Phi) is 4.33. The Morgan fingerprint density at radius 2 is 1.80 bits per heavy atom. The van der Waals surface area contributed by atoms with Crippen LogP contribution >= 0.6 is 0 Å². The maximum Gasteiger partial charge on any atom is 0.265 e. The summed E-state index contributed by atoms with van der Waals surface area (Å²) in [5.74, 6) is -1.30. The third-order valence-electron chi connectivity index (χ3n) is 4.25. The highest BCUT2D eigenvalue weighted by atomic mass is 32.2. The zero-order chi connectivity index (χ0) is 18.2. The van der Waals surface area contributed by atoms with E-state index in [9.17, 15) is 12.8 Å². The van der Waals surface area contributed by atoms with Crippen molar-refractivity contribution in [1.29, 1.82) is 0 Å². The molecule has 1 atom stereocenters. The van der Waals surface area contributed by atoms with Crippen LogP contribution in [0.15, 0.2) is 60.6 Å². The molecule has 1 unspecified atom stereocenters. The van der Waals surface area contributed by atoms with Gasteiger partial charge in [0, 0.05) is 18.9 Å². The van der Waals surface area contributed by atoms with Gasteiger partial charge in [-0.1, -0.05) is 36.4 Å². The molecule has 1 aromatic heterocycles. The number of hydrogen-bond acceptors (Lipinski definition) is 3. The molecule has 3 nitrogen and oxygen atoms in total. The smallest absolute Gasteiger partial charge is 0.256 e. The van der Waals surface area contributed by atoms with E-state index in [0.29, 0.717) is 28.7 Å². The third-order valence-corrected chi connectivity index (χ3v) is 5.76. The molecule has 0 aliphatic heterocycles. The number of benzene rings is 1. The summed E-state index contributed by atoms with van der Waals surface area (Å²) >= 11 is 0. The van der Waals surface area contributed by atoms with E-state index in [1.54, 1.807) is 42.6 Å². The fourth-order valence-electron chi connectivity index (χ4n) is 2.79. The quantitative estimate of drug-likeness (QED) is 0.820. The number of pyridine rings is 1. The Bertz CT molecular complexity index is 964. The van der Waals surface area contributed by atoms with Crippen LogP contribution in [-0.4, -0.2) is 24.7 Å². The van der Waals surface area contributed by atoms with E-state index in [0.717, 1.165) is 11.6 Å². The SMILES string of the molecule is Cc1ccc(C2=C(c3ccccc3)C=C(F)C(F)(S(C)(=O)=O)C2)nc1. The number of allylic oxidation sites excluding steroid dienone is 3. The molecule has 1 aromatic carbocycles. The van der Waals surface area contributed by atoms with Gasteiger partial charge in [-0.25, -0.2) is 17.2 Å². The van der Waals surface area contributed by atoms with Crippen molar-refractivity contribution in [3.63, 3.8) is 0 Å². The van der Waals surface area contributed by atoms with Gasteiger partial charge in [-0.15, -0.1) is 0 Å². The summed E-state index contributed by atoms with van der Waals surface area (Å²) in [5, 5.41) is -3.08. The zero-order valence-electron chi connectivity index (χ0n) is 13.8. The topological polar surface area (TPSA) is 47.0 Å². The van der Waals surface area contributed by atoms with Crippen molar-refractivity contribution in [3.8, 4) is 0 Å². The minimum Gasteiger partial charge on any atom is -0.256 e. The van der Waals surface area contributed by atoms with Gasteiger partial charge in [-0.05, 0) is 41.3 Å². The first-order chi connectivity index (χ1) is 11.7. The van der Waals surface area contributed by atoms with Crippen molar-refractivity contribution in [1.82, 2.24) is 4.98 Å². The molecular formula is C19H17F2NO2S. The fraction of sp³-hybridized carbons (Fsp3) is 0.211. The molecule has 0 N–H and O–H groups in total. The van der Waals surface area contributed by atoms with Crippen molar-refractivity contribution in [3.05, 3.63) is 77.4 Å². The van der Waals surface area contributed by atoms with Gasteiger partial charge in [-0.3, -0.25) is 4.98 Å². The second kappa shape index (κ2) is 6.19. The molecule has 0 amide bonds. The number of aromatic nitrogens is 1. The molecule has 1 aliphatic rings. The van der Waals surface area contributed by atoms with Gasteiger partial charge in [0.1, 0.15) is 0 Å². The number of rotatable bonds is 3. The van der Waals surface area contributed by atoms with E-state index in [1.165, 1.54) is 0 Å². The van der Waals surface area contributed by atoms with Gasteiger partial charge >= 0.3 is 0 Å². The molecule has 0 saturated heterocycles. The van der Waals surface area contributed by atoms with Crippen LogP contribution in [0.2, 0.25) is 0 Å². The zero-order valence-corrected chi connectivity index (χ0v) is 14.6. The predicted octanol–water partition coefficient (Wildman–Crippen LogP) is 4.27. The molecule has 0 radical (unpaired) electrons. The van der Waals surface area contributed by atoms with Crippen molar-refractivity contribution in [2.45, 2.75) is 18.3 Å². The van der Waals surface area contributed by atoms with Gasteiger partial charge < -0.3 is 0 Å². The maximum absolute atomic E-state index is 15.1. The van der Waals surface area contributed by atoms with Crippen LogP contribution in [0.3, 0.4) is 0 Å². The second-order valence-electron chi connectivity index (χ2n) is 6.15. The average Bonchev–Trinajstić information content (AvgIpc) is 2.57. The van der Waals surface area contributed by atoms with Crippen LogP contribution in [0.4, 0.5) is 8.78 Å². The monoisotopic (exact) mass is 361 g/mol. The summed E-state index contributed by atoms with van der Waals surface area (Å²) in [4.78, 5) is 4.28. The van der Waals surface area contributed by atoms with E-state index in [2.05, 4.69) is 4.98 Å². The van der Waals surface area contributed by atoms with Gasteiger partial charge in [0.25, 0.3) is 5.00 Å². The Morgan fingerprint density at radius 1 is 1.12 bits per heavy atom. The van der Waals surface area contributed by atoms with Crippen molar-refractivity contribution >= 4 is 21.0 Å². The number of aryl methyl sites for hydroxylation is 1. The number of nitrogens with zero attached hydrogens (tertiary/aromatic N) is 1. The Hall–Kier alpha value is -2.34. The largest absolute Gasteiger partial charge is 0.265 e. The number of sulfone groups is 1. The van der Waals surface area contributed by atoms with Gasteiger partial charge in [0.2, 0.25) is 0 Å². The number of halogens is 2. The van der Waals surface area contributed by atoms with Gasteiger partial charge in [0.15, 0.2) is 15.7 Å². The van der Waals surface area contributed by atoms with Gasteiger partial charge in [0.05, 0.1) is 5.69 Å². The molecule has 0 bridgehead atoms. The standard InChI is InChI=1S/C19H17F2NO2S/c1-13-8-9-17(22-12-13)16-11-19(21,25(2,23)24)18(20)10-15(16)14-6-4-3-5-7-14/h3-10,12H,11H2,1-2H3. The van der Waals surface area contributed by atoms with Crippen LogP contribution in [0.25, 0.3) is 11.1 Å². The summed E-state index contributed by atoms with van der Waals surface area (Å²) in [6.07, 6.45) is 2.67. The summed E-state index contributed by atoms with van der Waals surface area (Å²) < 4.78 is 53.3. The van der Waals surface area contributed by atoms with Crippen LogP contribution < -0.4 is 0 Å². The second-order valence-corrected chi connectivity index (χ2v) is 8.34. The van der Waals surface area contributed by atoms with Crippen molar-refractivity contribution in [2.75, 3.05) is 6.26 Å². The Balaban J connectivity index is 2.25. The lowest BCUT2D eigenvalue weighted by molar-refractivity contribution is 0.272. The molecule has 6 heteroatoms. The van der Waals surface area contributed by atoms with E-state index in [-0.39, 0.29) is 0 Å². The summed E-state index contributed by atoms with van der Waals surface area (Å²) in [7, 11) is -4.30. The van der Waals surface area contributed by atoms with Crippen LogP contribution in [-0.2, 0) is 9.84 Å². The third kappa shape index (κ3) is 3.14. The summed E-state index contributed by atoms with van der Waals surface area (Å²) in [6.45, 7) is 1.86. The molecule has 1 aliphatic carbocycles. The molecule has 0 spiro atoms. The molecule has 0 saturated carbocycles. The van der Waals surface area contributed by atoms with Crippen molar-refractivity contribution in [2.24, 2.45) is 0 Å². The highest BCUT2D eigenvalue weighted by Crippen LogP contribution is 2.46. The lowest BCUT2D eigenvalue weighted by Gasteiger charge is -2.28. The minimum absolute atomic E-state index is 0.362. The van der Waals surface area contributed by atoms with E-state index in [4.69, 9.17) is 0 Å². The summed E-state index contributed by atoms with van der Waals surface area (Å²) in [6, 6.07) is 12.4. The summed E-state index contributed by atoms with van der Waals surface area (Å²) in [5.41, 5.74) is 2.81. The van der Waals surface area contributed by atoms with Gasteiger partial charge in [-0.2, -0.15) is 0 Å². The Labute approximate surface area is 145 Å². The number of alkyl halides is 1. The molecule has 2 aromatic rings.